The number of hydrogen-bond acceptors (Lipinski definition) is 3. The summed E-state index contributed by atoms with van der Waals surface area (Å²) in [5.41, 5.74) is 6.05. The molecule has 0 aliphatic rings. The minimum atomic E-state index is 0.125. The minimum absolute atomic E-state index is 0.125. The van der Waals surface area contributed by atoms with Gasteiger partial charge in [-0.05, 0) is 32.1 Å². The third-order valence-corrected chi connectivity index (χ3v) is 3.89. The van der Waals surface area contributed by atoms with Crippen LogP contribution in [0.25, 0.3) is 0 Å². The highest BCUT2D eigenvalue weighted by molar-refractivity contribution is 7.16. The van der Waals surface area contributed by atoms with E-state index in [4.69, 9.17) is 17.3 Å². The molecule has 0 bridgehead atoms. The summed E-state index contributed by atoms with van der Waals surface area (Å²) in [5, 5.41) is 0. The highest BCUT2D eigenvalue weighted by Crippen LogP contribution is 2.31. The van der Waals surface area contributed by atoms with E-state index in [1.807, 2.05) is 6.07 Å². The third kappa shape index (κ3) is 3.18. The molecule has 0 amide bonds. The van der Waals surface area contributed by atoms with Crippen molar-refractivity contribution in [3.63, 3.8) is 0 Å². The smallest absolute Gasteiger partial charge is 0.0931 e. The second-order valence-electron chi connectivity index (χ2n) is 3.67. The Labute approximate surface area is 101 Å². The molecular weight excluding hydrogens is 228 g/mol. The summed E-state index contributed by atoms with van der Waals surface area (Å²) in [6.07, 6.45) is 0. The SMILES string of the molecule is CCN(CC)C(c1ccc(Cl)s1)C(C)N. The van der Waals surface area contributed by atoms with Crippen molar-refractivity contribution in [1.82, 2.24) is 4.90 Å². The van der Waals surface area contributed by atoms with Gasteiger partial charge in [-0.25, -0.2) is 0 Å². The van der Waals surface area contributed by atoms with Gasteiger partial charge < -0.3 is 5.73 Å². The van der Waals surface area contributed by atoms with Gasteiger partial charge in [0.05, 0.1) is 10.4 Å². The van der Waals surface area contributed by atoms with Crippen molar-refractivity contribution >= 4 is 22.9 Å². The largest absolute Gasteiger partial charge is 0.326 e. The zero-order chi connectivity index (χ0) is 11.4. The van der Waals surface area contributed by atoms with Gasteiger partial charge in [-0.15, -0.1) is 11.3 Å². The maximum Gasteiger partial charge on any atom is 0.0931 e. The molecule has 0 saturated carbocycles. The van der Waals surface area contributed by atoms with Crippen molar-refractivity contribution in [1.29, 1.82) is 0 Å². The van der Waals surface area contributed by atoms with Gasteiger partial charge in [0.1, 0.15) is 0 Å². The molecule has 0 radical (unpaired) electrons. The number of thiophene rings is 1. The number of hydrogen-bond donors (Lipinski definition) is 1. The first-order valence-electron chi connectivity index (χ1n) is 5.35. The molecule has 0 saturated heterocycles. The predicted octanol–water partition coefficient (Wildman–Crippen LogP) is 3.13. The Bertz CT molecular complexity index is 295. The molecule has 0 aliphatic carbocycles. The maximum absolute atomic E-state index is 6.05. The van der Waals surface area contributed by atoms with E-state index in [1.54, 1.807) is 11.3 Å². The van der Waals surface area contributed by atoms with Gasteiger partial charge in [0, 0.05) is 10.9 Å². The third-order valence-electron chi connectivity index (χ3n) is 2.59. The van der Waals surface area contributed by atoms with Crippen LogP contribution < -0.4 is 5.73 Å². The lowest BCUT2D eigenvalue weighted by atomic mass is 10.1. The highest BCUT2D eigenvalue weighted by atomic mass is 35.5. The highest BCUT2D eigenvalue weighted by Gasteiger charge is 2.23. The molecule has 2 atom stereocenters. The molecule has 0 aromatic carbocycles. The van der Waals surface area contributed by atoms with Crippen LogP contribution >= 0.6 is 22.9 Å². The quantitative estimate of drug-likeness (QED) is 0.865. The van der Waals surface area contributed by atoms with E-state index in [1.165, 1.54) is 4.88 Å². The van der Waals surface area contributed by atoms with Crippen LogP contribution in [-0.2, 0) is 0 Å². The Morgan fingerprint density at radius 2 is 2.00 bits per heavy atom. The Morgan fingerprint density at radius 3 is 2.33 bits per heavy atom. The zero-order valence-corrected chi connectivity index (χ0v) is 11.1. The van der Waals surface area contributed by atoms with Crippen LogP contribution in [0.5, 0.6) is 0 Å². The predicted molar refractivity (Wildman–Crippen MR) is 68.6 cm³/mol. The second-order valence-corrected chi connectivity index (χ2v) is 5.41. The lowest BCUT2D eigenvalue weighted by molar-refractivity contribution is 0.198. The van der Waals surface area contributed by atoms with Gasteiger partial charge in [0.25, 0.3) is 0 Å². The molecule has 1 aromatic rings. The average Bonchev–Trinajstić information content (AvgIpc) is 2.59. The summed E-state index contributed by atoms with van der Waals surface area (Å²) in [5.74, 6) is 0. The van der Waals surface area contributed by atoms with Crippen molar-refractivity contribution < 1.29 is 0 Å². The first-order chi connectivity index (χ1) is 7.10. The van der Waals surface area contributed by atoms with Crippen molar-refractivity contribution in [2.45, 2.75) is 32.9 Å². The summed E-state index contributed by atoms with van der Waals surface area (Å²) >= 11 is 7.59. The molecule has 1 rings (SSSR count). The summed E-state index contributed by atoms with van der Waals surface area (Å²) in [6.45, 7) is 8.40. The Hall–Kier alpha value is -0.0900. The number of rotatable bonds is 5. The summed E-state index contributed by atoms with van der Waals surface area (Å²) in [7, 11) is 0. The van der Waals surface area contributed by atoms with Crippen molar-refractivity contribution in [2.75, 3.05) is 13.1 Å². The Morgan fingerprint density at radius 1 is 1.40 bits per heavy atom. The molecule has 1 heterocycles. The van der Waals surface area contributed by atoms with Crippen LogP contribution in [0.2, 0.25) is 4.34 Å². The van der Waals surface area contributed by atoms with Crippen molar-refractivity contribution in [3.05, 3.63) is 21.3 Å². The fourth-order valence-corrected chi connectivity index (χ4v) is 3.19. The monoisotopic (exact) mass is 246 g/mol. The zero-order valence-electron chi connectivity index (χ0n) is 9.53. The van der Waals surface area contributed by atoms with Crippen molar-refractivity contribution in [3.8, 4) is 0 Å². The maximum atomic E-state index is 6.05. The molecule has 2 unspecified atom stereocenters. The number of nitrogens with zero attached hydrogens (tertiary/aromatic N) is 1. The van der Waals surface area contributed by atoms with Crippen LogP contribution in [0, 0.1) is 0 Å². The molecule has 2 nitrogen and oxygen atoms in total. The van der Waals surface area contributed by atoms with Gasteiger partial charge in [-0.3, -0.25) is 4.90 Å². The van der Waals surface area contributed by atoms with Crippen LogP contribution in [0.15, 0.2) is 12.1 Å². The van der Waals surface area contributed by atoms with Gasteiger partial charge in [-0.1, -0.05) is 25.4 Å². The van der Waals surface area contributed by atoms with Crippen LogP contribution in [-0.4, -0.2) is 24.0 Å². The fourth-order valence-electron chi connectivity index (χ4n) is 1.88. The number of halogens is 1. The normalized spacial score (nSPS) is 15.6. The summed E-state index contributed by atoms with van der Waals surface area (Å²) < 4.78 is 0.836. The van der Waals surface area contributed by atoms with Crippen LogP contribution in [0.4, 0.5) is 0 Å². The van der Waals surface area contributed by atoms with Crippen LogP contribution in [0.3, 0.4) is 0 Å². The van der Waals surface area contributed by atoms with E-state index in [0.717, 1.165) is 17.4 Å². The molecule has 15 heavy (non-hydrogen) atoms. The number of likely N-dealkylation sites (N-methyl/N-ethyl adjacent to an activating group) is 1. The Balaban J connectivity index is 2.91. The van der Waals surface area contributed by atoms with Crippen molar-refractivity contribution in [2.24, 2.45) is 5.73 Å². The first-order valence-corrected chi connectivity index (χ1v) is 6.54. The topological polar surface area (TPSA) is 29.3 Å². The molecular formula is C11H19ClN2S. The summed E-state index contributed by atoms with van der Waals surface area (Å²) in [4.78, 5) is 3.63. The van der Waals surface area contributed by atoms with Gasteiger partial charge in [-0.2, -0.15) is 0 Å². The van der Waals surface area contributed by atoms with E-state index in [-0.39, 0.29) is 12.1 Å². The van der Waals surface area contributed by atoms with E-state index in [9.17, 15) is 0 Å². The van der Waals surface area contributed by atoms with E-state index in [0.29, 0.717) is 0 Å². The van der Waals surface area contributed by atoms with Gasteiger partial charge >= 0.3 is 0 Å². The lowest BCUT2D eigenvalue weighted by Gasteiger charge is -2.31. The summed E-state index contributed by atoms with van der Waals surface area (Å²) in [6, 6.07) is 4.44. The molecule has 0 fully saturated rings. The van der Waals surface area contributed by atoms with Gasteiger partial charge in [0.15, 0.2) is 0 Å². The molecule has 0 aliphatic heterocycles. The van der Waals surface area contributed by atoms with E-state index < -0.39 is 0 Å². The van der Waals surface area contributed by atoms with E-state index >= 15 is 0 Å². The van der Waals surface area contributed by atoms with Crippen LogP contribution in [0.1, 0.15) is 31.7 Å². The average molecular weight is 247 g/mol. The van der Waals surface area contributed by atoms with E-state index in [2.05, 4.69) is 31.7 Å². The Kier molecular flexibility index (Phi) is 5.06. The lowest BCUT2D eigenvalue weighted by Crippen LogP contribution is -2.38. The molecule has 2 N–H and O–H groups in total. The fraction of sp³-hybridized carbons (Fsp3) is 0.636. The molecule has 1 aromatic heterocycles. The molecule has 86 valence electrons. The molecule has 4 heteroatoms. The minimum Gasteiger partial charge on any atom is -0.326 e. The standard InChI is InChI=1S/C11H19ClN2S/c1-4-14(5-2)11(8(3)13)9-6-7-10(12)15-9/h6-8,11H,4-5,13H2,1-3H3. The number of nitrogens with two attached hydrogens (primary N) is 1. The molecule has 0 spiro atoms. The van der Waals surface area contributed by atoms with Gasteiger partial charge in [0.2, 0.25) is 0 Å². The second kappa shape index (κ2) is 5.85. The first kappa shape index (κ1) is 13.0.